The Labute approximate surface area is 391 Å². The van der Waals surface area contributed by atoms with Gasteiger partial charge in [0.25, 0.3) is 0 Å². The van der Waals surface area contributed by atoms with Crippen LogP contribution in [-0.2, 0) is 23.9 Å². The molecule has 18 heteroatoms. The van der Waals surface area contributed by atoms with Gasteiger partial charge < -0.3 is 49.9 Å². The molecule has 16 nitrogen and oxygen atoms in total. The highest BCUT2D eigenvalue weighted by molar-refractivity contribution is 5.94. The summed E-state index contributed by atoms with van der Waals surface area (Å²) in [6.45, 7) is 11.6. The van der Waals surface area contributed by atoms with Crippen molar-refractivity contribution in [1.29, 1.82) is 0 Å². The number of nitrogens with one attached hydrogen (secondary N) is 4. The molecule has 2 atom stereocenters. The van der Waals surface area contributed by atoms with Gasteiger partial charge in [-0.05, 0) is 95.8 Å². The number of ether oxygens (including phenoxy) is 2. The molecule has 4 aromatic heterocycles. The molecule has 67 heavy (non-hydrogen) atoms. The third-order valence-corrected chi connectivity index (χ3v) is 12.9. The molecule has 4 saturated heterocycles. The number of rotatable bonds is 10. The van der Waals surface area contributed by atoms with Gasteiger partial charge in [-0.3, -0.25) is 14.4 Å². The lowest BCUT2D eigenvalue weighted by Crippen LogP contribution is -2.45. The van der Waals surface area contributed by atoms with Crippen LogP contribution in [-0.4, -0.2) is 135 Å². The van der Waals surface area contributed by atoms with Crippen molar-refractivity contribution in [1.82, 2.24) is 30.1 Å². The van der Waals surface area contributed by atoms with Crippen molar-refractivity contribution in [2.75, 3.05) is 114 Å². The number of hydrogen-bond donors (Lipinski definition) is 4. The second-order valence-electron chi connectivity index (χ2n) is 18.5. The monoisotopic (exact) mass is 926 g/mol. The van der Waals surface area contributed by atoms with Crippen LogP contribution >= 0.6 is 0 Å². The topological polar surface area (TPSA) is 179 Å². The van der Waals surface area contributed by atoms with Gasteiger partial charge in [0.05, 0.1) is 25.7 Å². The number of halogens is 2. The maximum Gasteiger partial charge on any atom is 0.228 e. The Balaban J connectivity index is 0.000000128. The van der Waals surface area contributed by atoms with Gasteiger partial charge in [-0.2, -0.15) is 8.78 Å². The molecular weight excluding hydrogens is 863 g/mol. The molecule has 7 fully saturated rings. The molecule has 3 amide bonds. The summed E-state index contributed by atoms with van der Waals surface area (Å²) in [6.07, 6.45) is 10.5. The molecule has 4 aromatic rings. The molecule has 4 N–H and O–H groups in total. The minimum absolute atomic E-state index is 0.0566. The fourth-order valence-corrected chi connectivity index (χ4v) is 8.13. The number of pyridine rings is 3. The van der Waals surface area contributed by atoms with Crippen molar-refractivity contribution in [3.63, 3.8) is 0 Å². The van der Waals surface area contributed by atoms with E-state index in [2.05, 4.69) is 66.1 Å². The van der Waals surface area contributed by atoms with Crippen molar-refractivity contribution in [3.05, 3.63) is 78.0 Å². The van der Waals surface area contributed by atoms with Crippen LogP contribution in [0.3, 0.4) is 0 Å². The highest BCUT2D eigenvalue weighted by atomic mass is 19.1. The molecule has 360 valence electrons. The lowest BCUT2D eigenvalue weighted by molar-refractivity contribution is -0.118. The zero-order chi connectivity index (χ0) is 46.7. The first-order chi connectivity index (χ1) is 32.6. The van der Waals surface area contributed by atoms with Crippen molar-refractivity contribution in [3.8, 4) is 11.1 Å². The molecule has 11 rings (SSSR count). The third kappa shape index (κ3) is 14.1. The normalized spacial score (nSPS) is 21.7. The van der Waals surface area contributed by atoms with E-state index >= 15 is 0 Å². The van der Waals surface area contributed by atoms with Crippen LogP contribution in [0.25, 0.3) is 11.1 Å². The summed E-state index contributed by atoms with van der Waals surface area (Å²) < 4.78 is 43.3. The number of hydrogen-bond acceptors (Lipinski definition) is 13. The van der Waals surface area contributed by atoms with Crippen LogP contribution < -0.4 is 26.2 Å². The van der Waals surface area contributed by atoms with Gasteiger partial charge in [-0.1, -0.05) is 12.1 Å². The van der Waals surface area contributed by atoms with Crippen LogP contribution in [0.15, 0.2) is 59.4 Å². The maximum absolute atomic E-state index is 13.9. The average molecular weight is 927 g/mol. The van der Waals surface area contributed by atoms with E-state index in [0.717, 1.165) is 110 Å². The number of nitrogens with zero attached hydrogens (tertiary/aromatic N) is 6. The molecule has 0 aromatic carbocycles. The number of anilines is 4. The van der Waals surface area contributed by atoms with Gasteiger partial charge in [0, 0.05) is 117 Å². The van der Waals surface area contributed by atoms with Gasteiger partial charge >= 0.3 is 0 Å². The molecule has 3 aliphatic carbocycles. The standard InChI is InChI=1S/C18H26N4O2.C13H15FN2O2.C13H11FN2O2.C5H12N2/c1-21-7-9-22(10-8-21)17-15(14-6-11-24-12-14)4-5-16(19-17)20-18(23)13-2-3-13;2*14-12-10(9-5-6-18-7-9)3-4-11(15-12)16-13(17)8-1-2-8;1-7-4-2-6-3-5-7/h4-5,13-14H,2-3,6-12H2,1H3,(H,19,20,23);3-4,8-9H,1-2,5-7H2,(H,15,16,17);3-8H,1-2H2,(H,15,16,17);6H,2-5H2,1H3. The predicted molar refractivity (Wildman–Crippen MR) is 251 cm³/mol. The minimum atomic E-state index is -0.620. The maximum atomic E-state index is 13.9. The first kappa shape index (κ1) is 48.1. The molecule has 0 spiro atoms. The molecular formula is C49H64F2N10O6. The van der Waals surface area contributed by atoms with Crippen molar-refractivity contribution in [2.45, 2.75) is 63.2 Å². The van der Waals surface area contributed by atoms with E-state index in [-0.39, 0.29) is 47.2 Å². The molecule has 0 bridgehead atoms. The zero-order valence-electron chi connectivity index (χ0n) is 38.6. The molecule has 4 aliphatic heterocycles. The van der Waals surface area contributed by atoms with E-state index in [0.29, 0.717) is 47.5 Å². The predicted octanol–water partition coefficient (Wildman–Crippen LogP) is 6.11. The second-order valence-corrected chi connectivity index (χ2v) is 18.5. The number of piperazine rings is 2. The lowest BCUT2D eigenvalue weighted by Gasteiger charge is -2.35. The Kier molecular flexibility index (Phi) is 16.6. The van der Waals surface area contributed by atoms with E-state index in [1.54, 1.807) is 30.3 Å². The van der Waals surface area contributed by atoms with E-state index in [1.807, 2.05) is 6.07 Å². The Bertz CT molecular complexity index is 2270. The van der Waals surface area contributed by atoms with E-state index < -0.39 is 11.9 Å². The number of carbonyl (C=O) groups is 3. The smallest absolute Gasteiger partial charge is 0.228 e. The summed E-state index contributed by atoms with van der Waals surface area (Å²) in [5, 5.41) is 11.5. The number of amides is 3. The summed E-state index contributed by atoms with van der Waals surface area (Å²) in [6, 6.07) is 12.3. The van der Waals surface area contributed by atoms with Crippen LogP contribution in [0.2, 0.25) is 0 Å². The van der Waals surface area contributed by atoms with Crippen molar-refractivity contribution < 1.29 is 37.1 Å². The number of furan rings is 1. The Morgan fingerprint density at radius 2 is 1.09 bits per heavy atom. The Morgan fingerprint density at radius 3 is 1.54 bits per heavy atom. The molecule has 0 radical (unpaired) electrons. The van der Waals surface area contributed by atoms with Gasteiger partial charge in [-0.25, -0.2) is 15.0 Å². The quantitative estimate of drug-likeness (QED) is 0.134. The Hall–Kier alpha value is -5.40. The lowest BCUT2D eigenvalue weighted by atomic mass is 9.98. The molecule has 2 unspecified atom stereocenters. The van der Waals surface area contributed by atoms with Crippen LogP contribution in [0.4, 0.5) is 32.1 Å². The first-order valence-corrected chi connectivity index (χ1v) is 23.8. The average Bonchev–Trinajstić information content (AvgIpc) is 4.31. The summed E-state index contributed by atoms with van der Waals surface area (Å²) in [5.74, 6) is 1.98. The second kappa shape index (κ2) is 23.1. The van der Waals surface area contributed by atoms with E-state index in [9.17, 15) is 23.2 Å². The highest BCUT2D eigenvalue weighted by Crippen LogP contribution is 2.36. The SMILES string of the molecule is CN1CCN(c2nc(NC(=O)C3CC3)ccc2C2CCOC2)CC1.CN1CCNCC1.O=C(Nc1ccc(-c2ccoc2)c(F)n1)C1CC1.O=C(Nc1ccc(C2CCOC2)c(F)n1)C1CC1. The fourth-order valence-electron chi connectivity index (χ4n) is 8.13. The van der Waals surface area contributed by atoms with Gasteiger partial charge in [0.1, 0.15) is 23.3 Å². The summed E-state index contributed by atoms with van der Waals surface area (Å²) >= 11 is 0. The largest absolute Gasteiger partial charge is 0.472 e. The summed E-state index contributed by atoms with van der Waals surface area (Å²) in [7, 11) is 4.31. The molecule has 8 heterocycles. The number of likely N-dealkylation sites (N-methyl/N-ethyl adjacent to an activating group) is 2. The number of carbonyl (C=O) groups excluding carboxylic acids is 3. The van der Waals surface area contributed by atoms with Gasteiger partial charge in [0.2, 0.25) is 29.6 Å². The van der Waals surface area contributed by atoms with E-state index in [4.69, 9.17) is 18.9 Å². The highest BCUT2D eigenvalue weighted by Gasteiger charge is 2.33. The fraction of sp³-hybridized carbons (Fsp3) is 0.551. The minimum Gasteiger partial charge on any atom is -0.472 e. The summed E-state index contributed by atoms with van der Waals surface area (Å²) in [4.78, 5) is 54.5. The molecule has 7 aliphatic rings. The van der Waals surface area contributed by atoms with Crippen LogP contribution in [0, 0.1) is 29.6 Å². The zero-order valence-corrected chi connectivity index (χ0v) is 38.6. The van der Waals surface area contributed by atoms with Crippen LogP contribution in [0.1, 0.15) is 74.3 Å². The first-order valence-electron chi connectivity index (χ1n) is 23.8. The van der Waals surface area contributed by atoms with Crippen LogP contribution in [0.5, 0.6) is 0 Å². The Morgan fingerprint density at radius 1 is 0.597 bits per heavy atom. The number of aromatic nitrogens is 3. The van der Waals surface area contributed by atoms with Gasteiger partial charge in [-0.15, -0.1) is 0 Å². The van der Waals surface area contributed by atoms with E-state index in [1.165, 1.54) is 31.2 Å². The van der Waals surface area contributed by atoms with Crippen molar-refractivity contribution >= 4 is 41.0 Å². The molecule has 3 saturated carbocycles. The summed E-state index contributed by atoms with van der Waals surface area (Å²) in [5.41, 5.74) is 2.83. The van der Waals surface area contributed by atoms with Crippen molar-refractivity contribution in [2.24, 2.45) is 17.8 Å². The van der Waals surface area contributed by atoms with Gasteiger partial charge in [0.15, 0.2) is 0 Å². The third-order valence-electron chi connectivity index (χ3n) is 12.9.